The highest BCUT2D eigenvalue weighted by Gasteiger charge is 2.30. The summed E-state index contributed by atoms with van der Waals surface area (Å²) in [4.78, 5) is 6.52. The molecule has 0 amide bonds. The maximum Gasteiger partial charge on any atom is 0.123 e. The average molecular weight is 286 g/mol. The first-order valence-corrected chi connectivity index (χ1v) is 7.39. The molecule has 2 aromatic rings. The number of ether oxygens (including phenoxy) is 1. The highest BCUT2D eigenvalue weighted by molar-refractivity contribution is 5.44. The standard InChI is InChI=1S/C16H22N4O/c1-21-16-5-2-4-13-14(16)11-20(15(13)10-17)8-3-7-19-9-6-18-12-19/h2,4-6,9,12,15H,3,7-8,10-11,17H2,1H3. The summed E-state index contributed by atoms with van der Waals surface area (Å²) in [5, 5.41) is 0. The van der Waals surface area contributed by atoms with Crippen LogP contribution in [0.5, 0.6) is 5.75 Å². The SMILES string of the molecule is COc1cccc2c1CN(CCCn1ccnc1)C2CN. The molecular weight excluding hydrogens is 264 g/mol. The Bertz CT molecular complexity index is 582. The molecule has 1 aliphatic rings. The van der Waals surface area contributed by atoms with E-state index in [1.54, 1.807) is 7.11 Å². The van der Waals surface area contributed by atoms with Crippen molar-refractivity contribution in [3.05, 3.63) is 48.0 Å². The van der Waals surface area contributed by atoms with Crippen molar-refractivity contribution in [3.63, 3.8) is 0 Å². The molecule has 0 saturated carbocycles. The van der Waals surface area contributed by atoms with Gasteiger partial charge in [-0.3, -0.25) is 4.90 Å². The lowest BCUT2D eigenvalue weighted by Crippen LogP contribution is -2.29. The van der Waals surface area contributed by atoms with Crippen molar-refractivity contribution >= 4 is 0 Å². The van der Waals surface area contributed by atoms with E-state index in [0.717, 1.165) is 31.8 Å². The molecule has 2 N–H and O–H groups in total. The van der Waals surface area contributed by atoms with E-state index in [1.807, 2.05) is 24.8 Å². The van der Waals surface area contributed by atoms with Crippen LogP contribution in [0.4, 0.5) is 0 Å². The van der Waals surface area contributed by atoms with Crippen LogP contribution in [0.2, 0.25) is 0 Å². The molecule has 0 spiro atoms. The summed E-state index contributed by atoms with van der Waals surface area (Å²) in [6.07, 6.45) is 6.77. The molecule has 5 nitrogen and oxygen atoms in total. The van der Waals surface area contributed by atoms with Crippen molar-refractivity contribution in [1.82, 2.24) is 14.5 Å². The van der Waals surface area contributed by atoms with Crippen LogP contribution in [0.15, 0.2) is 36.9 Å². The van der Waals surface area contributed by atoms with Crippen LogP contribution in [0.3, 0.4) is 0 Å². The van der Waals surface area contributed by atoms with Gasteiger partial charge in [0.25, 0.3) is 0 Å². The maximum atomic E-state index is 6.00. The van der Waals surface area contributed by atoms with Gasteiger partial charge in [-0.2, -0.15) is 0 Å². The van der Waals surface area contributed by atoms with E-state index < -0.39 is 0 Å². The Morgan fingerprint density at radius 3 is 3.00 bits per heavy atom. The molecular formula is C16H22N4O. The van der Waals surface area contributed by atoms with Crippen molar-refractivity contribution in [2.45, 2.75) is 25.6 Å². The van der Waals surface area contributed by atoms with Gasteiger partial charge in [0.2, 0.25) is 0 Å². The molecule has 112 valence electrons. The van der Waals surface area contributed by atoms with Crippen molar-refractivity contribution in [2.24, 2.45) is 5.73 Å². The monoisotopic (exact) mass is 286 g/mol. The van der Waals surface area contributed by atoms with E-state index >= 15 is 0 Å². The molecule has 1 atom stereocenters. The number of imidazole rings is 1. The summed E-state index contributed by atoms with van der Waals surface area (Å²) in [6, 6.07) is 6.56. The molecule has 0 radical (unpaired) electrons. The lowest BCUT2D eigenvalue weighted by atomic mass is 10.0. The molecule has 1 unspecified atom stereocenters. The van der Waals surface area contributed by atoms with Crippen molar-refractivity contribution in [1.29, 1.82) is 0 Å². The molecule has 1 aliphatic heterocycles. The van der Waals surface area contributed by atoms with Gasteiger partial charge in [0, 0.05) is 50.2 Å². The van der Waals surface area contributed by atoms with Gasteiger partial charge in [-0.1, -0.05) is 12.1 Å². The lowest BCUT2D eigenvalue weighted by Gasteiger charge is -2.23. The van der Waals surface area contributed by atoms with Gasteiger partial charge in [0.1, 0.15) is 5.75 Å². The second kappa shape index (κ2) is 6.28. The zero-order chi connectivity index (χ0) is 14.7. The molecule has 3 rings (SSSR count). The van der Waals surface area contributed by atoms with E-state index in [4.69, 9.17) is 10.5 Å². The summed E-state index contributed by atoms with van der Waals surface area (Å²) in [7, 11) is 1.73. The van der Waals surface area contributed by atoms with Gasteiger partial charge < -0.3 is 15.0 Å². The van der Waals surface area contributed by atoms with Crippen LogP contribution in [-0.4, -0.2) is 34.7 Å². The number of benzene rings is 1. The number of methoxy groups -OCH3 is 1. The predicted octanol–water partition coefficient (Wildman–Crippen LogP) is 1.80. The zero-order valence-corrected chi connectivity index (χ0v) is 12.4. The van der Waals surface area contributed by atoms with Crippen molar-refractivity contribution in [2.75, 3.05) is 20.2 Å². The normalized spacial score (nSPS) is 17.9. The average Bonchev–Trinajstić information content (AvgIpc) is 3.13. The molecule has 1 aromatic carbocycles. The predicted molar refractivity (Wildman–Crippen MR) is 82.0 cm³/mol. The molecule has 0 aliphatic carbocycles. The van der Waals surface area contributed by atoms with Crippen molar-refractivity contribution < 1.29 is 4.74 Å². The van der Waals surface area contributed by atoms with E-state index in [0.29, 0.717) is 12.6 Å². The Kier molecular flexibility index (Phi) is 4.22. The molecule has 0 saturated heterocycles. The highest BCUT2D eigenvalue weighted by atomic mass is 16.5. The van der Waals surface area contributed by atoms with Gasteiger partial charge in [0.05, 0.1) is 13.4 Å². The summed E-state index contributed by atoms with van der Waals surface area (Å²) in [5.74, 6) is 0.975. The minimum atomic E-state index is 0.304. The Hall–Kier alpha value is -1.85. The first-order valence-electron chi connectivity index (χ1n) is 7.39. The summed E-state index contributed by atoms with van der Waals surface area (Å²) in [5.41, 5.74) is 8.61. The third-order valence-electron chi connectivity index (χ3n) is 4.19. The number of rotatable bonds is 6. The summed E-state index contributed by atoms with van der Waals surface area (Å²) in [6.45, 7) is 3.58. The molecule has 0 fully saturated rings. The fraction of sp³-hybridized carbons (Fsp3) is 0.438. The maximum absolute atomic E-state index is 6.00. The third kappa shape index (κ3) is 2.80. The largest absolute Gasteiger partial charge is 0.496 e. The van der Waals surface area contributed by atoms with Gasteiger partial charge in [-0.05, 0) is 18.1 Å². The van der Waals surface area contributed by atoms with Gasteiger partial charge in [0.15, 0.2) is 0 Å². The Labute approximate surface area is 125 Å². The van der Waals surface area contributed by atoms with E-state index in [1.165, 1.54) is 11.1 Å². The number of hydrogen-bond acceptors (Lipinski definition) is 4. The number of nitrogens with two attached hydrogens (primary N) is 1. The number of hydrogen-bond donors (Lipinski definition) is 1. The number of aryl methyl sites for hydroxylation is 1. The van der Waals surface area contributed by atoms with E-state index in [9.17, 15) is 0 Å². The fourth-order valence-electron chi connectivity index (χ4n) is 3.15. The molecule has 0 bridgehead atoms. The van der Waals surface area contributed by atoms with Crippen LogP contribution in [0.25, 0.3) is 0 Å². The quantitative estimate of drug-likeness (QED) is 0.879. The van der Waals surface area contributed by atoms with Crippen LogP contribution in [-0.2, 0) is 13.1 Å². The lowest BCUT2D eigenvalue weighted by molar-refractivity contribution is 0.212. The van der Waals surface area contributed by atoms with Crippen LogP contribution in [0, 0.1) is 0 Å². The van der Waals surface area contributed by atoms with Gasteiger partial charge in [-0.15, -0.1) is 0 Å². The van der Waals surface area contributed by atoms with Crippen molar-refractivity contribution in [3.8, 4) is 5.75 Å². The molecule has 2 heterocycles. The molecule has 21 heavy (non-hydrogen) atoms. The zero-order valence-electron chi connectivity index (χ0n) is 12.4. The number of aromatic nitrogens is 2. The summed E-state index contributed by atoms with van der Waals surface area (Å²) >= 11 is 0. The van der Waals surface area contributed by atoms with Crippen LogP contribution >= 0.6 is 0 Å². The first-order chi connectivity index (χ1) is 10.3. The Morgan fingerprint density at radius 2 is 2.29 bits per heavy atom. The van der Waals surface area contributed by atoms with Gasteiger partial charge >= 0.3 is 0 Å². The number of nitrogens with zero attached hydrogens (tertiary/aromatic N) is 3. The Morgan fingerprint density at radius 1 is 1.38 bits per heavy atom. The molecule has 5 heteroatoms. The van der Waals surface area contributed by atoms with Crippen LogP contribution < -0.4 is 10.5 Å². The second-order valence-corrected chi connectivity index (χ2v) is 5.40. The van der Waals surface area contributed by atoms with Gasteiger partial charge in [-0.25, -0.2) is 4.98 Å². The summed E-state index contributed by atoms with van der Waals surface area (Å²) < 4.78 is 7.59. The minimum Gasteiger partial charge on any atom is -0.496 e. The highest BCUT2D eigenvalue weighted by Crippen LogP contribution is 2.37. The fourth-order valence-corrected chi connectivity index (χ4v) is 3.15. The first kappa shape index (κ1) is 14.1. The van der Waals surface area contributed by atoms with Crippen LogP contribution in [0.1, 0.15) is 23.6 Å². The van der Waals surface area contributed by atoms with E-state index in [2.05, 4.69) is 26.6 Å². The smallest absolute Gasteiger partial charge is 0.123 e. The minimum absolute atomic E-state index is 0.304. The molecule has 1 aromatic heterocycles. The van der Waals surface area contributed by atoms with E-state index in [-0.39, 0.29) is 0 Å². The Balaban J connectivity index is 1.67. The second-order valence-electron chi connectivity index (χ2n) is 5.40. The third-order valence-corrected chi connectivity index (χ3v) is 4.19. The topological polar surface area (TPSA) is 56.3 Å². The number of fused-ring (bicyclic) bond motifs is 1.